The maximum Gasteiger partial charge on any atom is 0.256 e. The number of nitrogens with zero attached hydrogens (tertiary/aromatic N) is 4. The van der Waals surface area contributed by atoms with Gasteiger partial charge in [0.25, 0.3) is 5.91 Å². The van der Waals surface area contributed by atoms with Gasteiger partial charge in [-0.25, -0.2) is 0 Å². The number of amides is 1. The van der Waals surface area contributed by atoms with Crippen LogP contribution in [0.5, 0.6) is 0 Å². The van der Waals surface area contributed by atoms with Crippen LogP contribution in [-0.4, -0.2) is 25.5 Å². The Bertz CT molecular complexity index is 1280. The fourth-order valence-electron chi connectivity index (χ4n) is 3.34. The highest BCUT2D eigenvalue weighted by atomic mass is 35.5. The number of hydrogen-bond acceptors (Lipinski definition) is 3. The van der Waals surface area contributed by atoms with Crippen molar-refractivity contribution in [2.75, 3.05) is 5.32 Å². The van der Waals surface area contributed by atoms with Gasteiger partial charge in [-0.2, -0.15) is 10.2 Å². The van der Waals surface area contributed by atoms with Crippen molar-refractivity contribution in [2.45, 2.75) is 26.9 Å². The number of carbonyl (C=O) groups excluding carboxylic acids is 1. The highest BCUT2D eigenvalue weighted by Crippen LogP contribution is 2.25. The van der Waals surface area contributed by atoms with Crippen LogP contribution >= 0.6 is 34.8 Å². The molecule has 6 nitrogen and oxygen atoms in total. The Balaban J connectivity index is 1.42. The molecule has 0 saturated carbocycles. The molecule has 4 rings (SSSR count). The van der Waals surface area contributed by atoms with Crippen LogP contribution < -0.4 is 5.32 Å². The Labute approximate surface area is 200 Å². The van der Waals surface area contributed by atoms with Crippen LogP contribution in [0.2, 0.25) is 15.1 Å². The zero-order chi connectivity index (χ0) is 22.8. The first kappa shape index (κ1) is 22.4. The van der Waals surface area contributed by atoms with Crippen molar-refractivity contribution >= 4 is 46.5 Å². The van der Waals surface area contributed by atoms with E-state index >= 15 is 0 Å². The van der Waals surface area contributed by atoms with Gasteiger partial charge < -0.3 is 5.32 Å². The van der Waals surface area contributed by atoms with E-state index in [9.17, 15) is 4.79 Å². The predicted octanol–water partition coefficient (Wildman–Crippen LogP) is 6.01. The van der Waals surface area contributed by atoms with Crippen molar-refractivity contribution in [3.8, 4) is 0 Å². The summed E-state index contributed by atoms with van der Waals surface area (Å²) in [6, 6.07) is 14.8. The normalized spacial score (nSPS) is 11.0. The van der Waals surface area contributed by atoms with E-state index in [0.717, 1.165) is 22.5 Å². The first-order valence-corrected chi connectivity index (χ1v) is 11.0. The van der Waals surface area contributed by atoms with E-state index in [4.69, 9.17) is 34.8 Å². The van der Waals surface area contributed by atoms with E-state index in [0.29, 0.717) is 39.5 Å². The number of aromatic nitrogens is 4. The summed E-state index contributed by atoms with van der Waals surface area (Å²) in [4.78, 5) is 12.7. The summed E-state index contributed by atoms with van der Waals surface area (Å²) in [6.07, 6.45) is 1.65. The molecule has 2 heterocycles. The average molecular weight is 489 g/mol. The van der Waals surface area contributed by atoms with Crippen LogP contribution in [0.15, 0.2) is 54.7 Å². The Morgan fingerprint density at radius 2 is 1.59 bits per heavy atom. The zero-order valence-corrected chi connectivity index (χ0v) is 19.7. The summed E-state index contributed by atoms with van der Waals surface area (Å²) in [5.41, 5.74) is 4.55. The lowest BCUT2D eigenvalue weighted by atomic mass is 10.1. The predicted molar refractivity (Wildman–Crippen MR) is 128 cm³/mol. The third-order valence-electron chi connectivity index (χ3n) is 4.93. The minimum atomic E-state index is -0.288. The zero-order valence-electron chi connectivity index (χ0n) is 17.4. The Morgan fingerprint density at radius 3 is 2.25 bits per heavy atom. The van der Waals surface area contributed by atoms with Crippen molar-refractivity contribution in [2.24, 2.45) is 0 Å². The molecule has 9 heteroatoms. The molecule has 1 amide bonds. The second kappa shape index (κ2) is 9.36. The number of carbonyl (C=O) groups is 1. The standard InChI is InChI=1S/C23H20Cl3N5O/c1-14-9-15(2)31(28-14)12-16-3-6-18(7-4-16)23(32)27-22-21(26)13-30(29-22)11-17-5-8-19(24)20(25)10-17/h3-10,13H,11-12H2,1-2H3,(H,27,29,32). The van der Waals surface area contributed by atoms with Crippen LogP contribution in [0, 0.1) is 13.8 Å². The molecule has 0 fully saturated rings. The summed E-state index contributed by atoms with van der Waals surface area (Å²) in [7, 11) is 0. The molecule has 0 aliphatic carbocycles. The fourth-order valence-corrected chi connectivity index (χ4v) is 3.86. The molecule has 1 N–H and O–H groups in total. The molecule has 4 aromatic rings. The van der Waals surface area contributed by atoms with Gasteiger partial charge >= 0.3 is 0 Å². The lowest BCUT2D eigenvalue weighted by Crippen LogP contribution is -2.13. The molecule has 2 aromatic heterocycles. The molecule has 0 unspecified atom stereocenters. The first-order chi connectivity index (χ1) is 15.3. The maximum absolute atomic E-state index is 12.7. The van der Waals surface area contributed by atoms with E-state index in [1.54, 1.807) is 35.1 Å². The van der Waals surface area contributed by atoms with Gasteiger partial charge in [0, 0.05) is 17.5 Å². The van der Waals surface area contributed by atoms with Crippen molar-refractivity contribution in [1.82, 2.24) is 19.6 Å². The summed E-state index contributed by atoms with van der Waals surface area (Å²) in [5.74, 6) is 0.00722. The fraction of sp³-hybridized carbons (Fsp3) is 0.174. The van der Waals surface area contributed by atoms with Gasteiger partial charge in [0.15, 0.2) is 5.82 Å². The van der Waals surface area contributed by atoms with Crippen LogP contribution in [0.4, 0.5) is 5.82 Å². The van der Waals surface area contributed by atoms with Gasteiger partial charge in [0.1, 0.15) is 5.02 Å². The molecule has 0 aliphatic heterocycles. The SMILES string of the molecule is Cc1cc(C)n(Cc2ccc(C(=O)Nc3nn(Cc4ccc(Cl)c(Cl)c4)cc3Cl)cc2)n1. The molecule has 0 aliphatic rings. The monoisotopic (exact) mass is 487 g/mol. The topological polar surface area (TPSA) is 64.7 Å². The summed E-state index contributed by atoms with van der Waals surface area (Å²) in [5, 5.41) is 12.9. The van der Waals surface area contributed by atoms with E-state index < -0.39 is 0 Å². The molecule has 0 spiro atoms. The van der Waals surface area contributed by atoms with Crippen molar-refractivity contribution < 1.29 is 4.79 Å². The highest BCUT2D eigenvalue weighted by molar-refractivity contribution is 6.42. The molecule has 0 saturated heterocycles. The average Bonchev–Trinajstić information content (AvgIpc) is 3.25. The minimum absolute atomic E-state index is 0.288. The van der Waals surface area contributed by atoms with E-state index in [1.165, 1.54) is 0 Å². The summed E-state index contributed by atoms with van der Waals surface area (Å²) < 4.78 is 3.57. The third-order valence-corrected chi connectivity index (χ3v) is 5.94. The minimum Gasteiger partial charge on any atom is -0.304 e. The van der Waals surface area contributed by atoms with Gasteiger partial charge in [-0.1, -0.05) is 53.0 Å². The molecule has 0 atom stereocenters. The molecule has 32 heavy (non-hydrogen) atoms. The van der Waals surface area contributed by atoms with Gasteiger partial charge in [-0.3, -0.25) is 14.2 Å². The quantitative estimate of drug-likeness (QED) is 0.362. The summed E-state index contributed by atoms with van der Waals surface area (Å²) in [6.45, 7) is 5.07. The molecule has 0 radical (unpaired) electrons. The highest BCUT2D eigenvalue weighted by Gasteiger charge is 2.13. The van der Waals surface area contributed by atoms with Crippen LogP contribution in [-0.2, 0) is 13.1 Å². The Kier molecular flexibility index (Phi) is 6.55. The number of hydrogen-bond donors (Lipinski definition) is 1. The van der Waals surface area contributed by atoms with Crippen LogP contribution in [0.3, 0.4) is 0 Å². The largest absolute Gasteiger partial charge is 0.304 e. The molecular weight excluding hydrogens is 469 g/mol. The number of aryl methyl sites for hydroxylation is 2. The second-order valence-electron chi connectivity index (χ2n) is 7.51. The van der Waals surface area contributed by atoms with Crippen molar-refractivity contribution in [3.05, 3.63) is 97.9 Å². The second-order valence-corrected chi connectivity index (χ2v) is 8.73. The van der Waals surface area contributed by atoms with Crippen molar-refractivity contribution in [1.29, 1.82) is 0 Å². The van der Waals surface area contributed by atoms with E-state index in [-0.39, 0.29) is 5.91 Å². The van der Waals surface area contributed by atoms with Gasteiger partial charge in [-0.05, 0) is 55.3 Å². The number of rotatable bonds is 6. The molecular formula is C23H20Cl3N5O. The maximum atomic E-state index is 12.7. The Hall–Kier alpha value is -2.80. The number of anilines is 1. The van der Waals surface area contributed by atoms with Gasteiger partial charge in [0.05, 0.1) is 28.8 Å². The first-order valence-electron chi connectivity index (χ1n) is 9.87. The number of nitrogens with one attached hydrogen (secondary N) is 1. The van der Waals surface area contributed by atoms with E-state index in [1.807, 2.05) is 42.8 Å². The Morgan fingerprint density at radius 1 is 0.875 bits per heavy atom. The molecule has 164 valence electrons. The number of halogens is 3. The van der Waals surface area contributed by atoms with Gasteiger partial charge in [0.2, 0.25) is 0 Å². The molecule has 2 aromatic carbocycles. The number of benzene rings is 2. The van der Waals surface area contributed by atoms with E-state index in [2.05, 4.69) is 15.5 Å². The van der Waals surface area contributed by atoms with Crippen LogP contribution in [0.1, 0.15) is 32.9 Å². The lowest BCUT2D eigenvalue weighted by Gasteiger charge is -2.07. The summed E-state index contributed by atoms with van der Waals surface area (Å²) >= 11 is 18.3. The lowest BCUT2D eigenvalue weighted by molar-refractivity contribution is 0.102. The van der Waals surface area contributed by atoms with Crippen LogP contribution in [0.25, 0.3) is 0 Å². The van der Waals surface area contributed by atoms with Crippen molar-refractivity contribution in [3.63, 3.8) is 0 Å². The third kappa shape index (κ3) is 5.15. The van der Waals surface area contributed by atoms with Gasteiger partial charge in [-0.15, -0.1) is 0 Å². The molecule has 0 bridgehead atoms. The smallest absolute Gasteiger partial charge is 0.256 e.